The molecular weight excluding hydrogens is 558 g/mol. The highest BCUT2D eigenvalue weighted by molar-refractivity contribution is 5.95. The van der Waals surface area contributed by atoms with Gasteiger partial charge >= 0.3 is 0 Å². The molecule has 1 aromatic heterocycles. The molecule has 0 aliphatic rings. The molecule has 0 radical (unpaired) electrons. The smallest absolute Gasteiger partial charge is 0.137 e. The maximum Gasteiger partial charge on any atom is 0.137 e. The van der Waals surface area contributed by atoms with Crippen molar-refractivity contribution in [1.82, 2.24) is 0 Å². The summed E-state index contributed by atoms with van der Waals surface area (Å²) in [5, 5.41) is 1.09. The largest absolute Gasteiger partial charge is 0.456 e. The first-order valence-corrected chi connectivity index (χ1v) is 15.6. The van der Waals surface area contributed by atoms with Gasteiger partial charge in [-0.1, -0.05) is 146 Å². The van der Waals surface area contributed by atoms with E-state index in [1.165, 1.54) is 22.3 Å². The Morgan fingerprint density at radius 1 is 0.348 bits per heavy atom. The summed E-state index contributed by atoms with van der Waals surface area (Å²) in [6.45, 7) is 0. The van der Waals surface area contributed by atoms with Gasteiger partial charge in [0.2, 0.25) is 0 Å². The molecule has 0 aliphatic carbocycles. The van der Waals surface area contributed by atoms with Crippen molar-refractivity contribution in [3.63, 3.8) is 0 Å². The zero-order valence-corrected chi connectivity index (χ0v) is 25.3. The monoisotopic (exact) mass is 589 g/mol. The van der Waals surface area contributed by atoms with Crippen LogP contribution in [0.1, 0.15) is 0 Å². The SMILES string of the molecule is c1ccc(-c2ccccc2-c2ccc(N(c3ccccc3-c3ccccc3)c3ccccc3-c3cc4ccccc4o3)cc2)cc1. The van der Waals surface area contributed by atoms with Crippen molar-refractivity contribution in [2.75, 3.05) is 4.90 Å². The predicted molar refractivity (Wildman–Crippen MR) is 193 cm³/mol. The number of furan rings is 1. The fraction of sp³-hybridized carbons (Fsp3) is 0. The summed E-state index contributed by atoms with van der Waals surface area (Å²) < 4.78 is 6.44. The standard InChI is InChI=1S/C44H31NO/c1-3-15-32(16-4-1)37-20-8-9-21-38(37)34-27-29-36(30-28-34)45(41-24-12-10-22-39(41)33-17-5-2-6-18-33)42-25-13-11-23-40(42)44-31-35-19-7-14-26-43(35)46-44/h1-31H. The maximum atomic E-state index is 6.44. The minimum absolute atomic E-state index is 0.840. The summed E-state index contributed by atoms with van der Waals surface area (Å²) in [6.07, 6.45) is 0. The van der Waals surface area contributed by atoms with Crippen LogP contribution in [0.5, 0.6) is 0 Å². The molecule has 0 fully saturated rings. The van der Waals surface area contributed by atoms with Gasteiger partial charge in [0.05, 0.1) is 11.4 Å². The van der Waals surface area contributed by atoms with E-state index in [4.69, 9.17) is 4.42 Å². The van der Waals surface area contributed by atoms with Crippen LogP contribution in [0.3, 0.4) is 0 Å². The fourth-order valence-corrected chi connectivity index (χ4v) is 6.32. The van der Waals surface area contributed by atoms with Gasteiger partial charge in [0, 0.05) is 22.2 Å². The van der Waals surface area contributed by atoms with E-state index in [-0.39, 0.29) is 0 Å². The number of benzene rings is 7. The highest BCUT2D eigenvalue weighted by Gasteiger charge is 2.22. The summed E-state index contributed by atoms with van der Waals surface area (Å²) in [4.78, 5) is 2.36. The first kappa shape index (κ1) is 27.4. The molecule has 0 N–H and O–H groups in total. The van der Waals surface area contributed by atoms with Crippen molar-refractivity contribution < 1.29 is 4.42 Å². The number of para-hydroxylation sites is 3. The lowest BCUT2D eigenvalue weighted by Gasteiger charge is -2.29. The van der Waals surface area contributed by atoms with E-state index in [9.17, 15) is 0 Å². The quantitative estimate of drug-likeness (QED) is 0.184. The molecule has 0 unspecified atom stereocenters. The third-order valence-corrected chi connectivity index (χ3v) is 8.51. The zero-order chi connectivity index (χ0) is 30.7. The van der Waals surface area contributed by atoms with Crippen molar-refractivity contribution >= 4 is 28.0 Å². The molecule has 1 heterocycles. The molecule has 8 rings (SSSR count). The Morgan fingerprint density at radius 3 is 1.43 bits per heavy atom. The van der Waals surface area contributed by atoms with E-state index >= 15 is 0 Å². The molecule has 218 valence electrons. The van der Waals surface area contributed by atoms with Crippen molar-refractivity contribution in [3.05, 3.63) is 188 Å². The lowest BCUT2D eigenvalue weighted by Crippen LogP contribution is -2.12. The highest BCUT2D eigenvalue weighted by atomic mass is 16.3. The first-order chi connectivity index (χ1) is 22.8. The van der Waals surface area contributed by atoms with Crippen molar-refractivity contribution in [1.29, 1.82) is 0 Å². The van der Waals surface area contributed by atoms with Gasteiger partial charge in [0.15, 0.2) is 0 Å². The molecule has 0 spiro atoms. The summed E-state index contributed by atoms with van der Waals surface area (Å²) in [5.41, 5.74) is 12.2. The second kappa shape index (κ2) is 12.1. The molecule has 0 saturated heterocycles. The van der Waals surface area contributed by atoms with Gasteiger partial charge in [-0.2, -0.15) is 0 Å². The van der Waals surface area contributed by atoms with Crippen LogP contribution in [0.2, 0.25) is 0 Å². The number of fused-ring (bicyclic) bond motifs is 1. The van der Waals surface area contributed by atoms with Crippen LogP contribution in [-0.2, 0) is 0 Å². The zero-order valence-electron chi connectivity index (χ0n) is 25.3. The maximum absolute atomic E-state index is 6.44. The Hall–Kier alpha value is -6.12. The minimum atomic E-state index is 0.840. The molecule has 7 aromatic carbocycles. The molecule has 0 amide bonds. The van der Waals surface area contributed by atoms with Crippen LogP contribution < -0.4 is 4.90 Å². The molecule has 46 heavy (non-hydrogen) atoms. The van der Waals surface area contributed by atoms with Gasteiger partial charge in [0.25, 0.3) is 0 Å². The van der Waals surface area contributed by atoms with Gasteiger partial charge in [-0.05, 0) is 70.3 Å². The molecule has 0 bridgehead atoms. The predicted octanol–water partition coefficient (Wildman–Crippen LogP) is 12.6. The molecule has 2 nitrogen and oxygen atoms in total. The lowest BCUT2D eigenvalue weighted by molar-refractivity contribution is 0.631. The van der Waals surface area contributed by atoms with E-state index in [1.807, 2.05) is 18.2 Å². The average Bonchev–Trinajstić information content (AvgIpc) is 3.58. The van der Waals surface area contributed by atoms with E-state index < -0.39 is 0 Å². The number of rotatable bonds is 7. The van der Waals surface area contributed by atoms with E-state index in [1.54, 1.807) is 0 Å². The van der Waals surface area contributed by atoms with Crippen LogP contribution in [0.15, 0.2) is 192 Å². The highest BCUT2D eigenvalue weighted by Crippen LogP contribution is 2.45. The molecule has 0 aliphatic heterocycles. The second-order valence-electron chi connectivity index (χ2n) is 11.3. The number of nitrogens with zero attached hydrogens (tertiary/aromatic N) is 1. The first-order valence-electron chi connectivity index (χ1n) is 15.6. The summed E-state index contributed by atoms with van der Waals surface area (Å²) in [6, 6.07) is 66.2. The average molecular weight is 590 g/mol. The van der Waals surface area contributed by atoms with Crippen LogP contribution in [0.4, 0.5) is 17.1 Å². The van der Waals surface area contributed by atoms with Crippen LogP contribution >= 0.6 is 0 Å². The Morgan fingerprint density at radius 2 is 0.804 bits per heavy atom. The molecule has 0 saturated carbocycles. The van der Waals surface area contributed by atoms with Gasteiger partial charge < -0.3 is 9.32 Å². The van der Waals surface area contributed by atoms with Gasteiger partial charge in [-0.15, -0.1) is 0 Å². The van der Waals surface area contributed by atoms with E-state index in [2.05, 4.69) is 175 Å². The van der Waals surface area contributed by atoms with Crippen LogP contribution in [0, 0.1) is 0 Å². The molecule has 2 heteroatoms. The second-order valence-corrected chi connectivity index (χ2v) is 11.3. The van der Waals surface area contributed by atoms with Crippen molar-refractivity contribution in [2.45, 2.75) is 0 Å². The topological polar surface area (TPSA) is 16.4 Å². The number of hydrogen-bond acceptors (Lipinski definition) is 2. The number of hydrogen-bond donors (Lipinski definition) is 0. The van der Waals surface area contributed by atoms with Gasteiger partial charge in [-0.25, -0.2) is 0 Å². The van der Waals surface area contributed by atoms with E-state index in [0.29, 0.717) is 0 Å². The van der Waals surface area contributed by atoms with Crippen LogP contribution in [-0.4, -0.2) is 0 Å². The third-order valence-electron chi connectivity index (χ3n) is 8.51. The van der Waals surface area contributed by atoms with E-state index in [0.717, 1.165) is 50.5 Å². The number of anilines is 3. The Kier molecular flexibility index (Phi) is 7.22. The van der Waals surface area contributed by atoms with Crippen molar-refractivity contribution in [2.24, 2.45) is 0 Å². The molecule has 0 atom stereocenters. The summed E-state index contributed by atoms with van der Waals surface area (Å²) >= 11 is 0. The Balaban J connectivity index is 1.30. The molecular formula is C44H31NO. The third kappa shape index (κ3) is 5.16. The van der Waals surface area contributed by atoms with Gasteiger partial charge in [-0.3, -0.25) is 0 Å². The Bertz CT molecular complexity index is 2220. The fourth-order valence-electron chi connectivity index (χ4n) is 6.32. The Labute approximate surface area is 269 Å². The van der Waals surface area contributed by atoms with Crippen molar-refractivity contribution in [3.8, 4) is 44.7 Å². The molecule has 8 aromatic rings. The summed E-state index contributed by atoms with van der Waals surface area (Å²) in [5.74, 6) is 0.840. The summed E-state index contributed by atoms with van der Waals surface area (Å²) in [7, 11) is 0. The van der Waals surface area contributed by atoms with Gasteiger partial charge in [0.1, 0.15) is 11.3 Å². The minimum Gasteiger partial charge on any atom is -0.456 e. The normalized spacial score (nSPS) is 11.0. The van der Waals surface area contributed by atoms with Crippen LogP contribution in [0.25, 0.3) is 55.7 Å². The lowest BCUT2D eigenvalue weighted by atomic mass is 9.94.